The number of unbranched alkanes of at least 4 members (excludes halogenated alkanes) is 2. The number of ether oxygens (including phenoxy) is 4. The minimum atomic E-state index is -1.83. The van der Waals surface area contributed by atoms with Crippen LogP contribution in [-0.4, -0.2) is 98.2 Å². The van der Waals surface area contributed by atoms with E-state index in [4.69, 9.17) is 18.9 Å². The van der Waals surface area contributed by atoms with Crippen molar-refractivity contribution in [2.45, 2.75) is 108 Å². The predicted octanol–water partition coefficient (Wildman–Crippen LogP) is -0.213. The maximum atomic E-state index is 12.7. The zero-order valence-electron chi connectivity index (χ0n) is 20.3. The summed E-state index contributed by atoms with van der Waals surface area (Å²) in [6.07, 6.45) is -7.81. The van der Waals surface area contributed by atoms with E-state index in [0.29, 0.717) is 12.8 Å². The fourth-order valence-electron chi connectivity index (χ4n) is 3.96. The number of hydrogen-bond acceptors (Lipinski definition) is 12. The molecule has 0 radical (unpaired) electrons. The summed E-state index contributed by atoms with van der Waals surface area (Å²) in [4.78, 5) is 24.9. The molecule has 12 nitrogen and oxygen atoms in total. The van der Waals surface area contributed by atoms with E-state index in [1.54, 1.807) is 0 Å². The van der Waals surface area contributed by atoms with Crippen LogP contribution in [0.15, 0.2) is 11.5 Å². The van der Waals surface area contributed by atoms with Crippen molar-refractivity contribution in [3.05, 3.63) is 11.5 Å². The molecule has 3 unspecified atom stereocenters. The van der Waals surface area contributed by atoms with Crippen molar-refractivity contribution < 1.29 is 59.2 Å². The Balaban J connectivity index is 2.07. The highest BCUT2D eigenvalue weighted by molar-refractivity contribution is 5.89. The Bertz CT molecular complexity index is 730. The van der Waals surface area contributed by atoms with Crippen molar-refractivity contribution in [3.8, 4) is 0 Å². The van der Waals surface area contributed by atoms with Gasteiger partial charge in [-0.15, -0.1) is 0 Å². The van der Waals surface area contributed by atoms with E-state index in [2.05, 4.69) is 0 Å². The van der Waals surface area contributed by atoms with E-state index in [1.165, 1.54) is 6.92 Å². The third-order valence-electron chi connectivity index (χ3n) is 6.24. The maximum Gasteiger partial charge on any atom is 0.378 e. The highest BCUT2D eigenvalue weighted by Crippen LogP contribution is 2.31. The standard InChI is InChI=1S/C23H38O12/c1-4-6-8-12(9-7-5-2)21(30)32-11(3)14(25)19-18(29)20(22(31)34-19)35-23-17(28)16(27)15(26)13(10-24)33-23/h11-17,19,23-29H,4-10H2,1-3H3/t11?,13-,14+,15-,16+,17-,19?,23?/m1/s1. The average molecular weight is 507 g/mol. The van der Waals surface area contributed by atoms with Gasteiger partial charge >= 0.3 is 11.9 Å². The Labute approximate surface area is 204 Å². The quantitative estimate of drug-likeness (QED) is 0.180. The monoisotopic (exact) mass is 506 g/mol. The molecule has 0 amide bonds. The van der Waals surface area contributed by atoms with Gasteiger partial charge in [0.1, 0.15) is 36.6 Å². The van der Waals surface area contributed by atoms with Crippen molar-refractivity contribution in [2.24, 2.45) is 5.92 Å². The van der Waals surface area contributed by atoms with Crippen molar-refractivity contribution in [3.63, 3.8) is 0 Å². The van der Waals surface area contributed by atoms with Gasteiger partial charge in [-0.2, -0.15) is 0 Å². The number of rotatable bonds is 13. The lowest BCUT2D eigenvalue weighted by Gasteiger charge is -2.39. The second-order valence-electron chi connectivity index (χ2n) is 8.97. The van der Waals surface area contributed by atoms with Crippen LogP contribution in [-0.2, 0) is 28.5 Å². The van der Waals surface area contributed by atoms with E-state index < -0.39 is 79.1 Å². The first-order valence-electron chi connectivity index (χ1n) is 12.1. The fourth-order valence-corrected chi connectivity index (χ4v) is 3.96. The van der Waals surface area contributed by atoms with Gasteiger partial charge in [-0.1, -0.05) is 39.5 Å². The third-order valence-corrected chi connectivity index (χ3v) is 6.24. The maximum absolute atomic E-state index is 12.7. The molecule has 1 saturated heterocycles. The van der Waals surface area contributed by atoms with E-state index in [9.17, 15) is 40.2 Å². The van der Waals surface area contributed by atoms with Crippen LogP contribution >= 0.6 is 0 Å². The molecule has 0 aliphatic carbocycles. The molecule has 35 heavy (non-hydrogen) atoms. The normalized spacial score (nSPS) is 30.8. The van der Waals surface area contributed by atoms with Gasteiger partial charge < -0.3 is 49.6 Å². The van der Waals surface area contributed by atoms with Gasteiger partial charge in [0.15, 0.2) is 11.9 Å². The summed E-state index contributed by atoms with van der Waals surface area (Å²) in [5, 5.41) is 60.2. The van der Waals surface area contributed by atoms with Gasteiger partial charge in [-0.3, -0.25) is 4.79 Å². The first kappa shape index (κ1) is 29.3. The second kappa shape index (κ2) is 13.4. The van der Waals surface area contributed by atoms with E-state index in [1.807, 2.05) is 13.8 Å². The Kier molecular flexibility index (Phi) is 11.2. The number of esters is 2. The third kappa shape index (κ3) is 7.05. The molecule has 2 rings (SSSR count). The fraction of sp³-hybridized carbons (Fsp3) is 0.826. The van der Waals surface area contributed by atoms with Crippen LogP contribution in [0.3, 0.4) is 0 Å². The number of cyclic esters (lactones) is 1. The van der Waals surface area contributed by atoms with Crippen molar-refractivity contribution >= 4 is 11.9 Å². The van der Waals surface area contributed by atoms with E-state index >= 15 is 0 Å². The Morgan fingerprint density at radius 1 is 1.06 bits per heavy atom. The van der Waals surface area contributed by atoms with Gasteiger partial charge in [-0.05, 0) is 19.8 Å². The molecule has 2 aliphatic rings. The molecule has 6 N–H and O–H groups in total. The van der Waals surface area contributed by atoms with Gasteiger partial charge in [0.05, 0.1) is 12.5 Å². The summed E-state index contributed by atoms with van der Waals surface area (Å²) in [5.41, 5.74) is 0. The molecule has 2 heterocycles. The minimum Gasteiger partial charge on any atom is -0.505 e. The highest BCUT2D eigenvalue weighted by Gasteiger charge is 2.49. The van der Waals surface area contributed by atoms with Crippen LogP contribution in [0.4, 0.5) is 0 Å². The van der Waals surface area contributed by atoms with Crippen molar-refractivity contribution in [1.82, 2.24) is 0 Å². The summed E-state index contributed by atoms with van der Waals surface area (Å²) in [7, 11) is 0. The molecule has 1 fully saturated rings. The average Bonchev–Trinajstić information content (AvgIpc) is 3.11. The summed E-state index contributed by atoms with van der Waals surface area (Å²) < 4.78 is 20.8. The molecule has 0 spiro atoms. The van der Waals surface area contributed by atoms with Crippen LogP contribution in [0.2, 0.25) is 0 Å². The first-order valence-corrected chi connectivity index (χ1v) is 12.1. The molecular weight excluding hydrogens is 468 g/mol. The van der Waals surface area contributed by atoms with Crippen molar-refractivity contribution in [1.29, 1.82) is 0 Å². The summed E-state index contributed by atoms with van der Waals surface area (Å²) in [6.45, 7) is 4.71. The minimum absolute atomic E-state index is 0.329. The Morgan fingerprint density at radius 3 is 2.20 bits per heavy atom. The topological polar surface area (TPSA) is 192 Å². The molecule has 0 aromatic rings. The van der Waals surface area contributed by atoms with Gasteiger partial charge in [0.25, 0.3) is 0 Å². The Morgan fingerprint density at radius 2 is 1.66 bits per heavy atom. The molecule has 12 heteroatoms. The zero-order valence-corrected chi connectivity index (χ0v) is 20.3. The molecule has 8 atom stereocenters. The largest absolute Gasteiger partial charge is 0.505 e. The molecule has 0 aromatic heterocycles. The number of carbonyl (C=O) groups is 2. The van der Waals surface area contributed by atoms with Crippen LogP contribution in [0, 0.1) is 5.92 Å². The summed E-state index contributed by atoms with van der Waals surface area (Å²) in [6, 6.07) is 0. The number of aliphatic hydroxyl groups excluding tert-OH is 6. The molecule has 2 aliphatic heterocycles. The van der Waals surface area contributed by atoms with Crippen LogP contribution < -0.4 is 0 Å². The molecule has 0 saturated carbocycles. The van der Waals surface area contributed by atoms with Crippen LogP contribution in [0.25, 0.3) is 0 Å². The Hall–Kier alpha value is -1.96. The van der Waals surface area contributed by atoms with Gasteiger partial charge in [0, 0.05) is 0 Å². The molecule has 0 bridgehead atoms. The number of hydrogen-bond donors (Lipinski definition) is 6. The highest BCUT2D eigenvalue weighted by atomic mass is 16.7. The van der Waals surface area contributed by atoms with Gasteiger partial charge in [-0.25, -0.2) is 4.79 Å². The smallest absolute Gasteiger partial charge is 0.378 e. The van der Waals surface area contributed by atoms with E-state index in [-0.39, 0.29) is 5.92 Å². The number of carbonyl (C=O) groups excluding carboxylic acids is 2. The lowest BCUT2D eigenvalue weighted by Crippen LogP contribution is -2.59. The van der Waals surface area contributed by atoms with Crippen LogP contribution in [0.1, 0.15) is 59.3 Å². The number of aliphatic hydroxyl groups is 6. The molecular formula is C23H38O12. The van der Waals surface area contributed by atoms with Crippen molar-refractivity contribution in [2.75, 3.05) is 6.61 Å². The SMILES string of the molecule is CCCCC(CCCC)C(=O)OC(C)[C@H](O)C1OC(=O)C(OC2O[C@H](CO)[C@@H](O)[C@H](O)[C@H]2O)=C1O. The lowest BCUT2D eigenvalue weighted by atomic mass is 9.96. The second-order valence-corrected chi connectivity index (χ2v) is 8.97. The first-order chi connectivity index (χ1) is 16.6. The van der Waals surface area contributed by atoms with Crippen LogP contribution in [0.5, 0.6) is 0 Å². The van der Waals surface area contributed by atoms with E-state index in [0.717, 1.165) is 25.7 Å². The lowest BCUT2D eigenvalue weighted by molar-refractivity contribution is -0.291. The molecule has 0 aromatic carbocycles. The predicted molar refractivity (Wildman–Crippen MR) is 118 cm³/mol. The zero-order chi connectivity index (χ0) is 26.3. The molecule has 202 valence electrons. The summed E-state index contributed by atoms with van der Waals surface area (Å²) >= 11 is 0. The van der Waals surface area contributed by atoms with Gasteiger partial charge in [0.2, 0.25) is 12.0 Å². The summed E-state index contributed by atoms with van der Waals surface area (Å²) in [5.74, 6) is -3.61.